The van der Waals surface area contributed by atoms with Crippen LogP contribution in [-0.2, 0) is 0 Å². The van der Waals surface area contributed by atoms with Gasteiger partial charge in [0.2, 0.25) is 0 Å². The smallest absolute Gasteiger partial charge is 0.186 e. The number of benzene rings is 2. The molecular weight excluding hydrogens is 496 g/mol. The van der Waals surface area contributed by atoms with Crippen molar-refractivity contribution >= 4 is 45.8 Å². The Hall–Kier alpha value is -5.62. The van der Waals surface area contributed by atoms with E-state index in [2.05, 4.69) is 82.8 Å². The molecule has 0 radical (unpaired) electrons. The van der Waals surface area contributed by atoms with Crippen molar-refractivity contribution in [3.8, 4) is 22.5 Å². The van der Waals surface area contributed by atoms with Crippen molar-refractivity contribution in [3.63, 3.8) is 0 Å². The van der Waals surface area contributed by atoms with Crippen LogP contribution in [0.4, 0.5) is 0 Å². The molecule has 40 heavy (non-hydrogen) atoms. The van der Waals surface area contributed by atoms with Crippen LogP contribution >= 0.6 is 0 Å². The number of nitrogens with one attached hydrogen (secondary N) is 2. The molecular formula is C34H22N4O2. The number of carbonyl (C=O) groups excluding carboxylic acids is 2. The first-order valence-electron chi connectivity index (χ1n) is 12.9. The van der Waals surface area contributed by atoms with Gasteiger partial charge < -0.3 is 9.97 Å². The highest BCUT2D eigenvalue weighted by Gasteiger charge is 2.17. The number of nitrogens with zero attached hydrogens (tertiary/aromatic N) is 2. The lowest BCUT2D eigenvalue weighted by atomic mass is 9.95. The predicted molar refractivity (Wildman–Crippen MR) is 159 cm³/mol. The first kappa shape index (κ1) is 23.5. The summed E-state index contributed by atoms with van der Waals surface area (Å²) in [4.78, 5) is 38.9. The molecule has 5 heterocycles. The molecule has 2 N–H and O–H groups in total. The Bertz CT molecular complexity index is 2020. The Morgan fingerprint density at radius 3 is 1.45 bits per heavy atom. The van der Waals surface area contributed by atoms with Crippen molar-refractivity contribution in [1.82, 2.24) is 19.9 Å². The maximum Gasteiger partial charge on any atom is 0.186 e. The molecule has 0 fully saturated rings. The summed E-state index contributed by atoms with van der Waals surface area (Å²) < 4.78 is 0. The summed E-state index contributed by atoms with van der Waals surface area (Å²) in [5, 5.41) is 0. The minimum absolute atomic E-state index is 0.0924. The highest BCUT2D eigenvalue weighted by molar-refractivity contribution is 6.21. The normalized spacial score (nSPS) is 12.9. The molecule has 3 aliphatic rings. The molecule has 0 amide bonds. The number of rotatable bonds is 0. The summed E-state index contributed by atoms with van der Waals surface area (Å²) in [7, 11) is 0. The fourth-order valence-electron chi connectivity index (χ4n) is 5.01. The van der Waals surface area contributed by atoms with Crippen LogP contribution in [-0.4, -0.2) is 31.5 Å². The van der Waals surface area contributed by atoms with E-state index in [4.69, 9.17) is 9.97 Å². The molecule has 8 bridgehead atoms. The van der Waals surface area contributed by atoms with E-state index in [0.29, 0.717) is 11.1 Å². The third-order valence-electron chi connectivity index (χ3n) is 6.90. The molecule has 6 nitrogen and oxygen atoms in total. The average molecular weight is 519 g/mol. The fourth-order valence-corrected chi connectivity index (χ4v) is 5.01. The number of aromatic nitrogens is 4. The van der Waals surface area contributed by atoms with Gasteiger partial charge in [-0.2, -0.15) is 0 Å². The zero-order valence-corrected chi connectivity index (χ0v) is 21.3. The van der Waals surface area contributed by atoms with E-state index in [1.807, 2.05) is 12.2 Å². The number of hydrogen-bond acceptors (Lipinski definition) is 4. The van der Waals surface area contributed by atoms with Crippen LogP contribution in [0.3, 0.4) is 0 Å². The molecule has 6 heteroatoms. The predicted octanol–water partition coefficient (Wildman–Crippen LogP) is 7.44. The Morgan fingerprint density at radius 1 is 0.425 bits per heavy atom. The number of allylic oxidation sites excluding steroid dienone is 2. The lowest BCUT2D eigenvalue weighted by Crippen LogP contribution is -2.10. The van der Waals surface area contributed by atoms with Gasteiger partial charge in [-0.05, 0) is 72.8 Å². The molecule has 190 valence electrons. The molecule has 1 aliphatic carbocycles. The Balaban J connectivity index is 0.000000185. The summed E-state index contributed by atoms with van der Waals surface area (Å²) in [5.41, 5.74) is 11.2. The van der Waals surface area contributed by atoms with Gasteiger partial charge in [0.05, 0.1) is 22.8 Å². The highest BCUT2D eigenvalue weighted by atomic mass is 16.1. The van der Waals surface area contributed by atoms with Crippen LogP contribution in [0.25, 0.3) is 56.7 Å². The highest BCUT2D eigenvalue weighted by Crippen LogP contribution is 2.35. The molecule has 0 saturated carbocycles. The van der Waals surface area contributed by atoms with Gasteiger partial charge in [0, 0.05) is 44.3 Å². The molecule has 2 aliphatic heterocycles. The van der Waals surface area contributed by atoms with Crippen LogP contribution in [0.15, 0.2) is 109 Å². The topological polar surface area (TPSA) is 91.5 Å². The monoisotopic (exact) mass is 518 g/mol. The van der Waals surface area contributed by atoms with Gasteiger partial charge in [-0.25, -0.2) is 9.97 Å². The van der Waals surface area contributed by atoms with Gasteiger partial charge in [-0.15, -0.1) is 0 Å². The summed E-state index contributed by atoms with van der Waals surface area (Å²) in [6.07, 6.45) is 6.68. The van der Waals surface area contributed by atoms with E-state index < -0.39 is 0 Å². The summed E-state index contributed by atoms with van der Waals surface area (Å²) >= 11 is 0. The number of carbonyl (C=O) groups is 2. The Labute approximate surface area is 229 Å². The van der Waals surface area contributed by atoms with Crippen molar-refractivity contribution in [2.75, 3.05) is 0 Å². The molecule has 5 aromatic rings. The number of ketones is 2. The van der Waals surface area contributed by atoms with Crippen LogP contribution in [0.2, 0.25) is 0 Å². The molecule has 0 atom stereocenters. The van der Waals surface area contributed by atoms with Gasteiger partial charge in [0.1, 0.15) is 0 Å². The van der Waals surface area contributed by atoms with Crippen molar-refractivity contribution in [1.29, 1.82) is 0 Å². The van der Waals surface area contributed by atoms with Gasteiger partial charge in [0.25, 0.3) is 0 Å². The number of H-pyrrole nitrogens is 2. The van der Waals surface area contributed by atoms with Crippen molar-refractivity contribution in [2.24, 2.45) is 0 Å². The average Bonchev–Trinajstić information content (AvgIpc) is 3.77. The van der Waals surface area contributed by atoms with Crippen molar-refractivity contribution in [2.45, 2.75) is 0 Å². The van der Waals surface area contributed by atoms with E-state index in [-0.39, 0.29) is 11.6 Å². The Kier molecular flexibility index (Phi) is 5.64. The minimum Gasteiger partial charge on any atom is -0.355 e. The second-order valence-electron chi connectivity index (χ2n) is 9.65. The quantitative estimate of drug-likeness (QED) is 0.218. The van der Waals surface area contributed by atoms with Crippen molar-refractivity contribution in [3.05, 3.63) is 132 Å². The van der Waals surface area contributed by atoms with Gasteiger partial charge in [-0.3, -0.25) is 9.59 Å². The first-order valence-corrected chi connectivity index (χ1v) is 12.9. The van der Waals surface area contributed by atoms with Crippen LogP contribution in [0.1, 0.15) is 32.1 Å². The van der Waals surface area contributed by atoms with Gasteiger partial charge >= 0.3 is 0 Å². The number of hydrogen-bond donors (Lipinski definition) is 2. The second-order valence-corrected chi connectivity index (χ2v) is 9.65. The molecule has 8 rings (SSSR count). The second kappa shape index (κ2) is 9.60. The number of aromatic amines is 2. The number of fused-ring (bicyclic) bond motifs is 12. The SMILES string of the molecule is C1=Cc2cc3ccc(cc4ccc(cc5nc(cc1n2)-c1ccccc1-5)[nH]4)[nH]3.O=C1C=CC(=O)c2ccccc21. The maximum atomic E-state index is 11.2. The first-order chi connectivity index (χ1) is 19.6. The lowest BCUT2D eigenvalue weighted by molar-refractivity contribution is 0.0994. The van der Waals surface area contributed by atoms with E-state index in [1.165, 1.54) is 12.2 Å². The van der Waals surface area contributed by atoms with Gasteiger partial charge in [0.15, 0.2) is 11.6 Å². The lowest BCUT2D eigenvalue weighted by Gasteiger charge is -2.06. The molecule has 0 spiro atoms. The molecule has 0 unspecified atom stereocenters. The van der Waals surface area contributed by atoms with Crippen molar-refractivity contribution < 1.29 is 9.59 Å². The van der Waals surface area contributed by atoms with E-state index in [9.17, 15) is 9.59 Å². The third kappa shape index (κ3) is 4.48. The zero-order chi connectivity index (χ0) is 27.1. The van der Waals surface area contributed by atoms with Crippen LogP contribution < -0.4 is 0 Å². The molecule has 2 aromatic carbocycles. The summed E-state index contributed by atoms with van der Waals surface area (Å²) in [5.74, 6) is -0.185. The minimum atomic E-state index is -0.0924. The molecule has 0 saturated heterocycles. The summed E-state index contributed by atoms with van der Waals surface area (Å²) in [6, 6.07) is 31.8. The third-order valence-corrected chi connectivity index (χ3v) is 6.90. The van der Waals surface area contributed by atoms with Gasteiger partial charge in [-0.1, -0.05) is 48.5 Å². The van der Waals surface area contributed by atoms with E-state index in [0.717, 1.165) is 56.0 Å². The fraction of sp³-hybridized carbons (Fsp3) is 0. The Morgan fingerprint density at radius 2 is 0.875 bits per heavy atom. The standard InChI is InChI=1S/C24H16N4.C10H6O2/c1-2-4-22-21(3-1)23-13-19-9-7-17(26-19)11-15-5-6-16(25-15)12-18-8-10-20(27-18)14-24(22)28-23;11-9-5-6-10(12)8-4-2-1-3-7(8)9/h1-14,25-26H;1-6H. The zero-order valence-electron chi connectivity index (χ0n) is 21.3. The van der Waals surface area contributed by atoms with Crippen LogP contribution in [0, 0.1) is 0 Å². The van der Waals surface area contributed by atoms with Crippen LogP contribution in [0.5, 0.6) is 0 Å². The molecule has 3 aromatic heterocycles. The van der Waals surface area contributed by atoms with E-state index >= 15 is 0 Å². The summed E-state index contributed by atoms with van der Waals surface area (Å²) in [6.45, 7) is 0. The largest absolute Gasteiger partial charge is 0.355 e. The van der Waals surface area contributed by atoms with E-state index in [1.54, 1.807) is 24.3 Å². The maximum absolute atomic E-state index is 11.2.